The first-order valence-electron chi connectivity index (χ1n) is 9.36. The molecule has 31 heavy (non-hydrogen) atoms. The summed E-state index contributed by atoms with van der Waals surface area (Å²) in [7, 11) is 0. The van der Waals surface area contributed by atoms with Gasteiger partial charge in [-0.2, -0.15) is 13.2 Å². The second-order valence-electron chi connectivity index (χ2n) is 6.98. The van der Waals surface area contributed by atoms with Gasteiger partial charge in [-0.1, -0.05) is 65.9 Å². The van der Waals surface area contributed by atoms with Crippen molar-refractivity contribution in [2.45, 2.75) is 18.0 Å². The van der Waals surface area contributed by atoms with Gasteiger partial charge in [0, 0.05) is 4.90 Å². The van der Waals surface area contributed by atoms with Gasteiger partial charge in [0.2, 0.25) is 0 Å². The largest absolute Gasteiger partial charge is 0.416 e. The molecular formula is C24H16F3NO2S. The molecule has 0 unspecified atom stereocenters. The van der Waals surface area contributed by atoms with Gasteiger partial charge < -0.3 is 0 Å². The van der Waals surface area contributed by atoms with E-state index in [2.05, 4.69) is 0 Å². The zero-order chi connectivity index (χ0) is 22.2. The molecule has 0 spiro atoms. The third kappa shape index (κ3) is 4.14. The number of hydrogen-bond acceptors (Lipinski definition) is 3. The Morgan fingerprint density at radius 3 is 2.13 bits per heavy atom. The maximum absolute atomic E-state index is 13.3. The van der Waals surface area contributed by atoms with Crippen molar-refractivity contribution in [2.75, 3.05) is 4.90 Å². The molecule has 0 saturated heterocycles. The van der Waals surface area contributed by atoms with Crippen LogP contribution in [0, 0.1) is 6.92 Å². The van der Waals surface area contributed by atoms with E-state index in [9.17, 15) is 22.8 Å². The Bertz CT molecular complexity index is 1190. The Kier molecular flexibility index (Phi) is 5.45. The number of benzene rings is 3. The molecule has 0 fully saturated rings. The summed E-state index contributed by atoms with van der Waals surface area (Å²) in [6.07, 6.45) is -4.59. The number of nitrogens with zero attached hydrogens (tertiary/aromatic N) is 1. The molecule has 1 aliphatic heterocycles. The van der Waals surface area contributed by atoms with Crippen molar-refractivity contribution in [2.24, 2.45) is 0 Å². The standard InChI is InChI=1S/C24H16F3NO2S/c1-15-10-12-16(13-11-15)20-21(31-19-8-3-2-4-9-19)23(30)28(22(20)29)18-7-5-6-17(14-18)24(25,26)27/h2-14H,1H3. The monoisotopic (exact) mass is 439 g/mol. The van der Waals surface area contributed by atoms with Gasteiger partial charge in [0.05, 0.1) is 21.7 Å². The molecule has 0 radical (unpaired) electrons. The van der Waals surface area contributed by atoms with E-state index in [0.29, 0.717) is 5.56 Å². The minimum absolute atomic E-state index is 0.113. The van der Waals surface area contributed by atoms with E-state index in [1.807, 2.05) is 25.1 Å². The van der Waals surface area contributed by atoms with Crippen LogP contribution in [0.2, 0.25) is 0 Å². The van der Waals surface area contributed by atoms with Gasteiger partial charge in [-0.25, -0.2) is 4.90 Å². The van der Waals surface area contributed by atoms with Crippen molar-refractivity contribution >= 4 is 34.8 Å². The predicted octanol–water partition coefficient (Wildman–Crippen LogP) is 6.09. The summed E-state index contributed by atoms with van der Waals surface area (Å²) < 4.78 is 39.6. The van der Waals surface area contributed by atoms with Gasteiger partial charge >= 0.3 is 6.18 Å². The minimum Gasteiger partial charge on any atom is -0.268 e. The number of halogens is 3. The lowest BCUT2D eigenvalue weighted by atomic mass is 10.0. The lowest BCUT2D eigenvalue weighted by molar-refractivity contribution is -0.137. The highest BCUT2D eigenvalue weighted by molar-refractivity contribution is 8.04. The van der Waals surface area contributed by atoms with Crippen molar-refractivity contribution in [3.63, 3.8) is 0 Å². The van der Waals surface area contributed by atoms with E-state index in [1.54, 1.807) is 36.4 Å². The number of hydrogen-bond donors (Lipinski definition) is 0. The van der Waals surface area contributed by atoms with Gasteiger partial charge in [0.25, 0.3) is 11.8 Å². The molecular weight excluding hydrogens is 423 g/mol. The Balaban J connectivity index is 1.81. The number of carbonyl (C=O) groups is 2. The summed E-state index contributed by atoms with van der Waals surface area (Å²) in [5.41, 5.74) is 0.658. The lowest BCUT2D eigenvalue weighted by Crippen LogP contribution is -2.31. The van der Waals surface area contributed by atoms with E-state index in [4.69, 9.17) is 0 Å². The second-order valence-corrected chi connectivity index (χ2v) is 8.06. The Morgan fingerprint density at radius 1 is 0.806 bits per heavy atom. The zero-order valence-electron chi connectivity index (χ0n) is 16.3. The highest BCUT2D eigenvalue weighted by Gasteiger charge is 2.41. The number of rotatable bonds is 4. The molecule has 156 valence electrons. The second kappa shape index (κ2) is 8.07. The molecule has 1 heterocycles. The highest BCUT2D eigenvalue weighted by atomic mass is 32.2. The number of alkyl halides is 3. The molecule has 3 aromatic rings. The zero-order valence-corrected chi connectivity index (χ0v) is 17.1. The SMILES string of the molecule is Cc1ccc(C2=C(Sc3ccccc3)C(=O)N(c3cccc(C(F)(F)F)c3)C2=O)cc1. The summed E-state index contributed by atoms with van der Waals surface area (Å²) in [6, 6.07) is 20.4. The molecule has 1 aliphatic rings. The molecule has 2 amide bonds. The first-order chi connectivity index (χ1) is 14.8. The number of anilines is 1. The van der Waals surface area contributed by atoms with Gasteiger partial charge in [0.15, 0.2) is 0 Å². The first-order valence-corrected chi connectivity index (χ1v) is 10.2. The van der Waals surface area contributed by atoms with Gasteiger partial charge in [-0.15, -0.1) is 0 Å². The number of thioether (sulfide) groups is 1. The van der Waals surface area contributed by atoms with Gasteiger partial charge in [0.1, 0.15) is 0 Å². The number of amides is 2. The van der Waals surface area contributed by atoms with Crippen LogP contribution < -0.4 is 4.90 Å². The van der Waals surface area contributed by atoms with Crippen molar-refractivity contribution in [3.05, 3.63) is 100 Å². The third-order valence-electron chi connectivity index (χ3n) is 4.78. The topological polar surface area (TPSA) is 37.4 Å². The molecule has 7 heteroatoms. The number of aryl methyl sites for hydroxylation is 1. The fraction of sp³-hybridized carbons (Fsp3) is 0.0833. The van der Waals surface area contributed by atoms with Gasteiger partial charge in [-0.3, -0.25) is 9.59 Å². The van der Waals surface area contributed by atoms with Gasteiger partial charge in [-0.05, 0) is 42.8 Å². The van der Waals surface area contributed by atoms with Crippen LogP contribution in [0.5, 0.6) is 0 Å². The molecule has 0 saturated carbocycles. The smallest absolute Gasteiger partial charge is 0.268 e. The van der Waals surface area contributed by atoms with Crippen molar-refractivity contribution in [1.82, 2.24) is 0 Å². The highest BCUT2D eigenvalue weighted by Crippen LogP contribution is 2.42. The fourth-order valence-electron chi connectivity index (χ4n) is 3.24. The molecule has 4 rings (SSSR count). The van der Waals surface area contributed by atoms with E-state index in [1.165, 1.54) is 12.1 Å². The summed E-state index contributed by atoms with van der Waals surface area (Å²) in [5, 5.41) is 0. The fourth-order valence-corrected chi connectivity index (χ4v) is 4.26. The minimum atomic E-state index is -4.59. The van der Waals surface area contributed by atoms with Crippen LogP contribution in [-0.2, 0) is 15.8 Å². The van der Waals surface area contributed by atoms with Crippen LogP contribution >= 0.6 is 11.8 Å². The Hall–Kier alpha value is -3.32. The van der Waals surface area contributed by atoms with Crippen LogP contribution in [0.4, 0.5) is 18.9 Å². The van der Waals surface area contributed by atoms with Crippen LogP contribution in [0.15, 0.2) is 88.7 Å². The molecule has 0 aromatic heterocycles. The van der Waals surface area contributed by atoms with Crippen LogP contribution in [0.3, 0.4) is 0 Å². The number of imide groups is 1. The number of carbonyl (C=O) groups excluding carboxylic acids is 2. The third-order valence-corrected chi connectivity index (χ3v) is 5.87. The molecule has 0 aliphatic carbocycles. The Morgan fingerprint density at radius 2 is 1.48 bits per heavy atom. The maximum atomic E-state index is 13.3. The summed E-state index contributed by atoms with van der Waals surface area (Å²) in [4.78, 5) is 28.3. The summed E-state index contributed by atoms with van der Waals surface area (Å²) in [6.45, 7) is 1.90. The molecule has 0 bridgehead atoms. The summed E-state index contributed by atoms with van der Waals surface area (Å²) >= 11 is 1.12. The Labute approximate surface area is 181 Å². The molecule has 3 aromatic carbocycles. The maximum Gasteiger partial charge on any atom is 0.416 e. The molecule has 0 N–H and O–H groups in total. The average Bonchev–Trinajstić information content (AvgIpc) is 2.98. The predicted molar refractivity (Wildman–Crippen MR) is 114 cm³/mol. The van der Waals surface area contributed by atoms with Crippen LogP contribution in [0.25, 0.3) is 5.57 Å². The van der Waals surface area contributed by atoms with Crippen molar-refractivity contribution < 1.29 is 22.8 Å². The quantitative estimate of drug-likeness (QED) is 0.462. The average molecular weight is 439 g/mol. The van der Waals surface area contributed by atoms with E-state index in [-0.39, 0.29) is 16.2 Å². The van der Waals surface area contributed by atoms with Crippen LogP contribution in [-0.4, -0.2) is 11.8 Å². The van der Waals surface area contributed by atoms with Crippen LogP contribution in [0.1, 0.15) is 16.7 Å². The van der Waals surface area contributed by atoms with Crippen molar-refractivity contribution in [1.29, 1.82) is 0 Å². The normalized spacial score (nSPS) is 14.5. The molecule has 0 atom stereocenters. The molecule has 3 nitrogen and oxygen atoms in total. The van der Waals surface area contributed by atoms with E-state index in [0.717, 1.165) is 39.3 Å². The first kappa shape index (κ1) is 20.9. The summed E-state index contributed by atoms with van der Waals surface area (Å²) in [5.74, 6) is -1.29. The van der Waals surface area contributed by atoms with Crippen molar-refractivity contribution in [3.8, 4) is 0 Å². The lowest BCUT2D eigenvalue weighted by Gasteiger charge is -2.17. The van der Waals surface area contributed by atoms with E-state index >= 15 is 0 Å². The van der Waals surface area contributed by atoms with E-state index < -0.39 is 23.6 Å².